The molecule has 1 aromatic rings. The van der Waals surface area contributed by atoms with Crippen molar-refractivity contribution in [2.75, 3.05) is 0 Å². The molecule has 0 spiro atoms. The zero-order valence-corrected chi connectivity index (χ0v) is 12.6. The summed E-state index contributed by atoms with van der Waals surface area (Å²) in [5, 5.41) is 3.39. The average molecular weight is 325 g/mol. The molecule has 2 rings (SSSR count). The number of aliphatic imine (C=N–C) groups is 1. The van der Waals surface area contributed by atoms with Crippen LogP contribution in [0.25, 0.3) is 0 Å². The maximum Gasteiger partial charge on any atom is 0.206 e. The van der Waals surface area contributed by atoms with Crippen LogP contribution >= 0.6 is 15.9 Å². The molecule has 1 fully saturated rings. The van der Waals surface area contributed by atoms with E-state index in [0.717, 1.165) is 4.47 Å². The smallest absolute Gasteiger partial charge is 0.206 e. The quantitative estimate of drug-likeness (QED) is 0.347. The Morgan fingerprint density at radius 1 is 1.21 bits per heavy atom. The third-order valence-corrected chi connectivity index (χ3v) is 3.94. The molecule has 0 heterocycles. The first-order chi connectivity index (χ1) is 9.28. The zero-order valence-electron chi connectivity index (χ0n) is 11.0. The summed E-state index contributed by atoms with van der Waals surface area (Å²) in [6, 6.07) is 8.67. The fraction of sp³-hybridized carbons (Fsp3) is 0.500. The van der Waals surface area contributed by atoms with Gasteiger partial charge in [0, 0.05) is 10.5 Å². The Kier molecular flexibility index (Phi) is 5.66. The van der Waals surface area contributed by atoms with Gasteiger partial charge in [0.25, 0.3) is 0 Å². The predicted molar refractivity (Wildman–Crippen MR) is 82.6 cm³/mol. The van der Waals surface area contributed by atoms with E-state index in [-0.39, 0.29) is 0 Å². The van der Waals surface area contributed by atoms with Gasteiger partial charge in [0.05, 0.1) is 6.54 Å². The van der Waals surface area contributed by atoms with Gasteiger partial charge in [0.1, 0.15) is 0 Å². The molecule has 0 saturated heterocycles. The topological polar surface area (TPSA) is 62.4 Å². The Hall–Kier alpha value is -1.07. The lowest BCUT2D eigenvalue weighted by Crippen LogP contribution is -2.47. The molecule has 1 aliphatic carbocycles. The van der Waals surface area contributed by atoms with Gasteiger partial charge >= 0.3 is 0 Å². The SMILES string of the molecule is NNC(=NCc1ccc(Br)cc1)NC1CCCCC1. The molecule has 0 atom stereocenters. The summed E-state index contributed by atoms with van der Waals surface area (Å²) >= 11 is 3.42. The molecule has 1 aromatic carbocycles. The molecule has 4 N–H and O–H groups in total. The Morgan fingerprint density at radius 2 is 1.89 bits per heavy atom. The second kappa shape index (κ2) is 7.50. The third kappa shape index (κ3) is 4.84. The van der Waals surface area contributed by atoms with Gasteiger partial charge in [-0.3, -0.25) is 5.43 Å². The highest BCUT2D eigenvalue weighted by Crippen LogP contribution is 2.17. The largest absolute Gasteiger partial charge is 0.353 e. The first kappa shape index (κ1) is 14.3. The van der Waals surface area contributed by atoms with Crippen molar-refractivity contribution < 1.29 is 0 Å². The van der Waals surface area contributed by atoms with Crippen molar-refractivity contribution in [1.82, 2.24) is 10.7 Å². The highest BCUT2D eigenvalue weighted by Gasteiger charge is 2.13. The normalized spacial score (nSPS) is 17.3. The van der Waals surface area contributed by atoms with E-state index in [0.29, 0.717) is 18.5 Å². The summed E-state index contributed by atoms with van der Waals surface area (Å²) in [7, 11) is 0. The van der Waals surface area contributed by atoms with Gasteiger partial charge in [-0.15, -0.1) is 0 Å². The Labute approximate surface area is 123 Å². The molecule has 1 saturated carbocycles. The van der Waals surface area contributed by atoms with Crippen molar-refractivity contribution in [3.8, 4) is 0 Å². The monoisotopic (exact) mass is 324 g/mol. The van der Waals surface area contributed by atoms with Crippen LogP contribution in [0.1, 0.15) is 37.7 Å². The standard InChI is InChI=1S/C14H21BrN4/c15-12-8-6-11(7-9-12)10-17-14(19-16)18-13-4-2-1-3-5-13/h6-9,13H,1-5,10,16H2,(H2,17,18,19). The van der Waals surface area contributed by atoms with E-state index < -0.39 is 0 Å². The fourth-order valence-electron chi connectivity index (χ4n) is 2.33. The van der Waals surface area contributed by atoms with E-state index in [9.17, 15) is 0 Å². The molecule has 0 radical (unpaired) electrons. The highest BCUT2D eigenvalue weighted by molar-refractivity contribution is 9.10. The number of hydrogen-bond acceptors (Lipinski definition) is 2. The van der Waals surface area contributed by atoms with Crippen molar-refractivity contribution in [2.24, 2.45) is 10.8 Å². The van der Waals surface area contributed by atoms with Crippen LogP contribution in [-0.4, -0.2) is 12.0 Å². The minimum Gasteiger partial charge on any atom is -0.353 e. The van der Waals surface area contributed by atoms with Crippen LogP contribution in [0.5, 0.6) is 0 Å². The molecular weight excluding hydrogens is 304 g/mol. The van der Waals surface area contributed by atoms with Crippen molar-refractivity contribution in [2.45, 2.75) is 44.7 Å². The van der Waals surface area contributed by atoms with Crippen molar-refractivity contribution >= 4 is 21.9 Å². The van der Waals surface area contributed by atoms with Crippen LogP contribution in [0.2, 0.25) is 0 Å². The summed E-state index contributed by atoms with van der Waals surface area (Å²) in [6.07, 6.45) is 6.35. The van der Waals surface area contributed by atoms with Crippen LogP contribution in [0.15, 0.2) is 33.7 Å². The Balaban J connectivity index is 1.88. The molecule has 5 heteroatoms. The van der Waals surface area contributed by atoms with Crippen LogP contribution < -0.4 is 16.6 Å². The number of rotatable bonds is 3. The van der Waals surface area contributed by atoms with E-state index in [4.69, 9.17) is 5.84 Å². The molecule has 19 heavy (non-hydrogen) atoms. The maximum absolute atomic E-state index is 5.53. The summed E-state index contributed by atoms with van der Waals surface area (Å²) in [4.78, 5) is 4.49. The summed E-state index contributed by atoms with van der Waals surface area (Å²) in [5.41, 5.74) is 3.83. The van der Waals surface area contributed by atoms with Crippen LogP contribution in [0, 0.1) is 0 Å². The molecular formula is C14H21BrN4. The maximum atomic E-state index is 5.53. The number of halogens is 1. The predicted octanol–water partition coefficient (Wildman–Crippen LogP) is 2.69. The number of nitrogens with two attached hydrogens (primary N) is 1. The van der Waals surface area contributed by atoms with Gasteiger partial charge in [-0.1, -0.05) is 47.3 Å². The van der Waals surface area contributed by atoms with Gasteiger partial charge in [-0.2, -0.15) is 0 Å². The van der Waals surface area contributed by atoms with Crippen molar-refractivity contribution in [3.05, 3.63) is 34.3 Å². The number of nitrogens with one attached hydrogen (secondary N) is 2. The average Bonchev–Trinajstić information content (AvgIpc) is 2.46. The van der Waals surface area contributed by atoms with E-state index in [1.807, 2.05) is 12.1 Å². The molecule has 0 unspecified atom stereocenters. The van der Waals surface area contributed by atoms with Gasteiger partial charge in [-0.25, -0.2) is 10.8 Å². The lowest BCUT2D eigenvalue weighted by Gasteiger charge is -2.24. The molecule has 0 aromatic heterocycles. The summed E-state index contributed by atoms with van der Waals surface area (Å²) in [5.74, 6) is 6.22. The highest BCUT2D eigenvalue weighted by atomic mass is 79.9. The van der Waals surface area contributed by atoms with Crippen LogP contribution in [0.4, 0.5) is 0 Å². The van der Waals surface area contributed by atoms with E-state index in [1.54, 1.807) is 0 Å². The van der Waals surface area contributed by atoms with Crippen LogP contribution in [0.3, 0.4) is 0 Å². The first-order valence-corrected chi connectivity index (χ1v) is 7.59. The van der Waals surface area contributed by atoms with Crippen molar-refractivity contribution in [3.63, 3.8) is 0 Å². The lowest BCUT2D eigenvalue weighted by molar-refractivity contribution is 0.410. The first-order valence-electron chi connectivity index (χ1n) is 6.80. The number of benzene rings is 1. The molecule has 1 aliphatic rings. The Bertz CT molecular complexity index is 410. The minimum atomic E-state index is 0.508. The number of hydrogen-bond donors (Lipinski definition) is 3. The number of hydrazine groups is 1. The molecule has 4 nitrogen and oxygen atoms in total. The van der Waals surface area contributed by atoms with E-state index >= 15 is 0 Å². The minimum absolute atomic E-state index is 0.508. The van der Waals surface area contributed by atoms with E-state index in [1.165, 1.54) is 37.7 Å². The van der Waals surface area contributed by atoms with Crippen LogP contribution in [-0.2, 0) is 6.54 Å². The molecule has 104 valence electrons. The second-order valence-corrected chi connectivity index (χ2v) is 5.83. The Morgan fingerprint density at radius 3 is 2.53 bits per heavy atom. The number of nitrogens with zero attached hydrogens (tertiary/aromatic N) is 1. The van der Waals surface area contributed by atoms with Crippen molar-refractivity contribution in [1.29, 1.82) is 0 Å². The second-order valence-electron chi connectivity index (χ2n) is 4.91. The molecule has 0 amide bonds. The van der Waals surface area contributed by atoms with Gasteiger partial charge in [0.15, 0.2) is 0 Å². The van der Waals surface area contributed by atoms with Gasteiger partial charge in [0.2, 0.25) is 5.96 Å². The lowest BCUT2D eigenvalue weighted by atomic mass is 9.96. The summed E-state index contributed by atoms with van der Waals surface area (Å²) < 4.78 is 1.08. The summed E-state index contributed by atoms with van der Waals surface area (Å²) in [6.45, 7) is 0.631. The zero-order chi connectivity index (χ0) is 13.5. The van der Waals surface area contributed by atoms with Gasteiger partial charge in [-0.05, 0) is 30.5 Å². The third-order valence-electron chi connectivity index (χ3n) is 3.42. The van der Waals surface area contributed by atoms with E-state index in [2.05, 4.69) is 43.8 Å². The molecule has 0 bridgehead atoms. The molecule has 0 aliphatic heterocycles. The van der Waals surface area contributed by atoms with Gasteiger partial charge < -0.3 is 5.32 Å². The number of guanidine groups is 1. The fourth-order valence-corrected chi connectivity index (χ4v) is 2.60.